The van der Waals surface area contributed by atoms with E-state index in [1.165, 1.54) is 0 Å². The van der Waals surface area contributed by atoms with E-state index in [-0.39, 0.29) is 0 Å². The van der Waals surface area contributed by atoms with Crippen molar-refractivity contribution in [3.8, 4) is 0 Å². The van der Waals surface area contributed by atoms with Gasteiger partial charge in [-0.3, -0.25) is 9.97 Å². The van der Waals surface area contributed by atoms with Crippen LogP contribution >= 0.6 is 0 Å². The van der Waals surface area contributed by atoms with Crippen LogP contribution in [0.2, 0.25) is 0 Å². The zero-order chi connectivity index (χ0) is 13.1. The number of benzene rings is 1. The van der Waals surface area contributed by atoms with Crippen LogP contribution in [0.5, 0.6) is 0 Å². The summed E-state index contributed by atoms with van der Waals surface area (Å²) in [7, 11) is 1.85. The molecule has 0 unspecified atom stereocenters. The predicted octanol–water partition coefficient (Wildman–Crippen LogP) is 2.66. The number of nitrogens with zero attached hydrogens (tertiary/aromatic N) is 3. The molecule has 94 valence electrons. The molecular weight excluding hydrogens is 236 g/mol. The first-order chi connectivity index (χ1) is 9.36. The molecule has 3 rings (SSSR count). The zero-order valence-corrected chi connectivity index (χ0v) is 10.7. The van der Waals surface area contributed by atoms with E-state index in [0.29, 0.717) is 6.42 Å². The SMILES string of the molecule is CNc1nccnc1Cc1ccc2ccccc2n1. The van der Waals surface area contributed by atoms with Gasteiger partial charge in [0.1, 0.15) is 5.82 Å². The Morgan fingerprint density at radius 3 is 2.74 bits per heavy atom. The zero-order valence-electron chi connectivity index (χ0n) is 10.7. The van der Waals surface area contributed by atoms with Gasteiger partial charge in [0.15, 0.2) is 0 Å². The highest BCUT2D eigenvalue weighted by Crippen LogP contribution is 2.16. The summed E-state index contributed by atoms with van der Waals surface area (Å²) in [5.74, 6) is 0.803. The second-order valence-corrected chi connectivity index (χ2v) is 4.27. The van der Waals surface area contributed by atoms with Crippen LogP contribution in [0, 0.1) is 0 Å². The van der Waals surface area contributed by atoms with Gasteiger partial charge in [-0.05, 0) is 12.1 Å². The van der Waals surface area contributed by atoms with Crippen molar-refractivity contribution in [1.82, 2.24) is 15.0 Å². The molecule has 0 aliphatic rings. The van der Waals surface area contributed by atoms with Crippen LogP contribution in [0.25, 0.3) is 10.9 Å². The number of rotatable bonds is 3. The van der Waals surface area contributed by atoms with Crippen LogP contribution in [0.4, 0.5) is 5.82 Å². The van der Waals surface area contributed by atoms with E-state index in [0.717, 1.165) is 28.1 Å². The van der Waals surface area contributed by atoms with Gasteiger partial charge in [0.2, 0.25) is 0 Å². The third kappa shape index (κ3) is 2.38. The maximum atomic E-state index is 4.65. The quantitative estimate of drug-likeness (QED) is 0.776. The lowest BCUT2D eigenvalue weighted by Gasteiger charge is -2.06. The van der Waals surface area contributed by atoms with Gasteiger partial charge in [-0.2, -0.15) is 0 Å². The Kier molecular flexibility index (Phi) is 3.06. The smallest absolute Gasteiger partial charge is 0.147 e. The summed E-state index contributed by atoms with van der Waals surface area (Å²) in [5.41, 5.74) is 2.92. The number of pyridine rings is 1. The highest BCUT2D eigenvalue weighted by atomic mass is 15.0. The number of aromatic nitrogens is 3. The maximum Gasteiger partial charge on any atom is 0.147 e. The molecule has 0 bridgehead atoms. The van der Waals surface area contributed by atoms with Gasteiger partial charge < -0.3 is 5.32 Å². The number of hydrogen-bond acceptors (Lipinski definition) is 4. The number of fused-ring (bicyclic) bond motifs is 1. The molecule has 0 saturated carbocycles. The summed E-state index contributed by atoms with van der Waals surface area (Å²) < 4.78 is 0. The number of hydrogen-bond donors (Lipinski definition) is 1. The van der Waals surface area contributed by atoms with Gasteiger partial charge in [0, 0.05) is 36.9 Å². The monoisotopic (exact) mass is 250 g/mol. The molecule has 0 aliphatic heterocycles. The molecule has 0 amide bonds. The summed E-state index contributed by atoms with van der Waals surface area (Å²) in [6.45, 7) is 0. The Hall–Kier alpha value is -2.49. The lowest BCUT2D eigenvalue weighted by molar-refractivity contribution is 0.997. The topological polar surface area (TPSA) is 50.7 Å². The summed E-state index contributed by atoms with van der Waals surface area (Å²) in [6.07, 6.45) is 4.06. The van der Waals surface area contributed by atoms with Crippen molar-refractivity contribution in [2.45, 2.75) is 6.42 Å². The first-order valence-corrected chi connectivity index (χ1v) is 6.19. The van der Waals surface area contributed by atoms with Crippen molar-refractivity contribution < 1.29 is 0 Å². The van der Waals surface area contributed by atoms with E-state index in [9.17, 15) is 0 Å². The minimum atomic E-state index is 0.675. The van der Waals surface area contributed by atoms with E-state index in [2.05, 4.69) is 32.4 Å². The molecular formula is C15H14N4. The Labute approximate surface area is 111 Å². The largest absolute Gasteiger partial charge is 0.372 e. The number of nitrogens with one attached hydrogen (secondary N) is 1. The molecule has 3 aromatic rings. The standard InChI is InChI=1S/C15H14N4/c1-16-15-14(17-8-9-18-15)10-12-7-6-11-4-2-3-5-13(11)19-12/h2-9H,10H2,1H3,(H,16,18). The van der Waals surface area contributed by atoms with Crippen molar-refractivity contribution in [2.75, 3.05) is 12.4 Å². The van der Waals surface area contributed by atoms with Crippen LogP contribution in [0.1, 0.15) is 11.4 Å². The molecule has 0 atom stereocenters. The molecule has 0 aliphatic carbocycles. The first-order valence-electron chi connectivity index (χ1n) is 6.19. The lowest BCUT2D eigenvalue weighted by Crippen LogP contribution is -2.02. The van der Waals surface area contributed by atoms with Gasteiger partial charge in [-0.25, -0.2) is 4.98 Å². The molecule has 2 aromatic heterocycles. The van der Waals surface area contributed by atoms with Crippen molar-refractivity contribution >= 4 is 16.7 Å². The van der Waals surface area contributed by atoms with E-state index >= 15 is 0 Å². The summed E-state index contributed by atoms with van der Waals surface area (Å²) in [6, 6.07) is 12.2. The molecule has 0 saturated heterocycles. The van der Waals surface area contributed by atoms with Crippen molar-refractivity contribution in [3.63, 3.8) is 0 Å². The van der Waals surface area contributed by atoms with Crippen LogP contribution in [0.3, 0.4) is 0 Å². The van der Waals surface area contributed by atoms with Gasteiger partial charge in [0.05, 0.1) is 11.2 Å². The third-order valence-electron chi connectivity index (χ3n) is 3.02. The van der Waals surface area contributed by atoms with E-state index in [1.54, 1.807) is 12.4 Å². The normalized spacial score (nSPS) is 10.6. The Morgan fingerprint density at radius 1 is 1.00 bits per heavy atom. The average Bonchev–Trinajstić information content (AvgIpc) is 2.48. The highest BCUT2D eigenvalue weighted by molar-refractivity contribution is 5.78. The number of anilines is 1. The van der Waals surface area contributed by atoms with E-state index in [1.807, 2.05) is 31.3 Å². The highest BCUT2D eigenvalue weighted by Gasteiger charge is 2.06. The molecule has 1 N–H and O–H groups in total. The van der Waals surface area contributed by atoms with Gasteiger partial charge in [0.25, 0.3) is 0 Å². The lowest BCUT2D eigenvalue weighted by atomic mass is 10.1. The van der Waals surface area contributed by atoms with Gasteiger partial charge >= 0.3 is 0 Å². The van der Waals surface area contributed by atoms with Crippen LogP contribution in [0.15, 0.2) is 48.8 Å². The fraction of sp³-hybridized carbons (Fsp3) is 0.133. The minimum absolute atomic E-state index is 0.675. The summed E-state index contributed by atoms with van der Waals surface area (Å²) in [5, 5.41) is 4.20. The second kappa shape index (κ2) is 5.02. The van der Waals surface area contributed by atoms with E-state index < -0.39 is 0 Å². The third-order valence-corrected chi connectivity index (χ3v) is 3.02. The average molecular weight is 250 g/mol. The second-order valence-electron chi connectivity index (χ2n) is 4.27. The minimum Gasteiger partial charge on any atom is -0.372 e. The molecule has 0 radical (unpaired) electrons. The van der Waals surface area contributed by atoms with Crippen molar-refractivity contribution in [1.29, 1.82) is 0 Å². The van der Waals surface area contributed by atoms with Crippen LogP contribution < -0.4 is 5.32 Å². The van der Waals surface area contributed by atoms with Crippen molar-refractivity contribution in [2.24, 2.45) is 0 Å². The van der Waals surface area contributed by atoms with Gasteiger partial charge in [-0.1, -0.05) is 24.3 Å². The van der Waals surface area contributed by atoms with Crippen molar-refractivity contribution in [3.05, 3.63) is 60.2 Å². The molecule has 1 aromatic carbocycles. The van der Waals surface area contributed by atoms with Crippen LogP contribution in [-0.4, -0.2) is 22.0 Å². The van der Waals surface area contributed by atoms with Crippen LogP contribution in [-0.2, 0) is 6.42 Å². The Bertz CT molecular complexity index is 709. The van der Waals surface area contributed by atoms with Gasteiger partial charge in [-0.15, -0.1) is 0 Å². The Morgan fingerprint density at radius 2 is 1.84 bits per heavy atom. The molecule has 2 heterocycles. The van der Waals surface area contributed by atoms with E-state index in [4.69, 9.17) is 0 Å². The number of para-hydroxylation sites is 1. The molecule has 0 spiro atoms. The summed E-state index contributed by atoms with van der Waals surface area (Å²) >= 11 is 0. The fourth-order valence-electron chi connectivity index (χ4n) is 2.08. The first kappa shape index (κ1) is 11.6. The molecule has 0 fully saturated rings. The molecule has 4 heteroatoms. The summed E-state index contributed by atoms with van der Waals surface area (Å²) in [4.78, 5) is 13.3. The predicted molar refractivity (Wildman–Crippen MR) is 76.1 cm³/mol. The molecule has 4 nitrogen and oxygen atoms in total. The molecule has 19 heavy (non-hydrogen) atoms. The fourth-order valence-corrected chi connectivity index (χ4v) is 2.08. The Balaban J connectivity index is 1.96. The maximum absolute atomic E-state index is 4.65.